The molecule has 5 nitrogen and oxygen atoms in total. The molecule has 0 aliphatic rings. The molecule has 17 heavy (non-hydrogen) atoms. The van der Waals surface area contributed by atoms with Crippen LogP contribution >= 0.6 is 0 Å². The van der Waals surface area contributed by atoms with Crippen molar-refractivity contribution in [2.24, 2.45) is 10.9 Å². The van der Waals surface area contributed by atoms with Crippen LogP contribution in [0.4, 0.5) is 0 Å². The van der Waals surface area contributed by atoms with Crippen LogP contribution in [-0.2, 0) is 6.54 Å². The number of nitrogens with one attached hydrogen (secondary N) is 1. The molecule has 1 heterocycles. The molecule has 1 aromatic rings. The molecule has 5 heteroatoms. The highest BCUT2D eigenvalue weighted by atomic mass is 16.4. The number of nitrogens with two attached hydrogens (primary N) is 1. The van der Waals surface area contributed by atoms with Gasteiger partial charge in [-0.25, -0.2) is 0 Å². The Hall–Kier alpha value is -1.88. The maximum absolute atomic E-state index is 8.65. The lowest BCUT2D eigenvalue weighted by molar-refractivity contribution is 0.318. The third kappa shape index (κ3) is 4.24. The van der Waals surface area contributed by atoms with E-state index in [1.165, 1.54) is 5.57 Å². The topological polar surface area (TPSA) is 83.5 Å². The molecule has 92 valence electrons. The van der Waals surface area contributed by atoms with Gasteiger partial charge in [-0.1, -0.05) is 22.9 Å². The van der Waals surface area contributed by atoms with Gasteiger partial charge in [0.25, 0.3) is 0 Å². The van der Waals surface area contributed by atoms with Gasteiger partial charge in [0.1, 0.15) is 5.69 Å². The summed E-state index contributed by atoms with van der Waals surface area (Å²) in [4.78, 5) is 4.09. The zero-order valence-corrected chi connectivity index (χ0v) is 10.1. The molecule has 0 saturated carbocycles. The summed E-state index contributed by atoms with van der Waals surface area (Å²) in [7, 11) is 0. The Kier molecular flexibility index (Phi) is 5.16. The number of amidine groups is 1. The predicted octanol–water partition coefficient (Wildman–Crippen LogP) is 1.23. The third-order valence-electron chi connectivity index (χ3n) is 2.21. The highest BCUT2D eigenvalue weighted by Crippen LogP contribution is 2.04. The summed E-state index contributed by atoms with van der Waals surface area (Å²) >= 11 is 0. The minimum absolute atomic E-state index is 0.0321. The first-order valence-electron chi connectivity index (χ1n) is 5.41. The molecule has 0 bridgehead atoms. The Morgan fingerprint density at radius 2 is 2.35 bits per heavy atom. The van der Waals surface area contributed by atoms with Crippen LogP contribution < -0.4 is 11.1 Å². The number of aromatic nitrogens is 1. The lowest BCUT2D eigenvalue weighted by Crippen LogP contribution is -2.21. The summed E-state index contributed by atoms with van der Waals surface area (Å²) < 4.78 is 0. The van der Waals surface area contributed by atoms with Crippen molar-refractivity contribution < 1.29 is 5.21 Å². The number of hydrogen-bond acceptors (Lipinski definition) is 4. The van der Waals surface area contributed by atoms with E-state index in [1.54, 1.807) is 6.20 Å². The van der Waals surface area contributed by atoms with Gasteiger partial charge in [-0.15, -0.1) is 0 Å². The van der Waals surface area contributed by atoms with Crippen LogP contribution in [0.15, 0.2) is 35.1 Å². The second kappa shape index (κ2) is 6.65. The lowest BCUT2D eigenvalue weighted by atomic mass is 10.2. The van der Waals surface area contributed by atoms with E-state index in [4.69, 9.17) is 10.9 Å². The smallest absolute Gasteiger partial charge is 0.189 e. The number of pyridine rings is 1. The van der Waals surface area contributed by atoms with Crippen molar-refractivity contribution in [2.75, 3.05) is 6.54 Å². The van der Waals surface area contributed by atoms with Crippen molar-refractivity contribution in [1.29, 1.82) is 0 Å². The summed E-state index contributed by atoms with van der Waals surface area (Å²) in [5, 5.41) is 14.9. The van der Waals surface area contributed by atoms with Crippen LogP contribution in [0.25, 0.3) is 0 Å². The molecule has 0 radical (unpaired) electrons. The Balaban J connectivity index is 2.68. The number of rotatable bonds is 5. The molecule has 0 aliphatic carbocycles. The summed E-state index contributed by atoms with van der Waals surface area (Å²) in [6.07, 6.45) is 3.71. The summed E-state index contributed by atoms with van der Waals surface area (Å²) in [5.41, 5.74) is 8.23. The molecular weight excluding hydrogens is 216 g/mol. The normalized spacial score (nSPS) is 11.3. The van der Waals surface area contributed by atoms with Gasteiger partial charge in [0, 0.05) is 19.3 Å². The van der Waals surface area contributed by atoms with Crippen LogP contribution in [0.3, 0.4) is 0 Å². The van der Waals surface area contributed by atoms with Crippen molar-refractivity contribution >= 4 is 5.84 Å². The van der Waals surface area contributed by atoms with E-state index < -0.39 is 0 Å². The molecule has 4 N–H and O–H groups in total. The van der Waals surface area contributed by atoms with Gasteiger partial charge >= 0.3 is 0 Å². The quantitative estimate of drug-likeness (QED) is 0.179. The van der Waals surface area contributed by atoms with E-state index in [9.17, 15) is 0 Å². The van der Waals surface area contributed by atoms with Gasteiger partial charge < -0.3 is 16.3 Å². The van der Waals surface area contributed by atoms with Crippen LogP contribution in [0, 0.1) is 0 Å². The van der Waals surface area contributed by atoms with Gasteiger partial charge in [-0.3, -0.25) is 4.98 Å². The van der Waals surface area contributed by atoms with E-state index in [2.05, 4.69) is 21.5 Å². The molecule has 0 fully saturated rings. The van der Waals surface area contributed by atoms with Gasteiger partial charge in [-0.05, 0) is 25.5 Å². The van der Waals surface area contributed by atoms with Gasteiger partial charge in [0.15, 0.2) is 5.84 Å². The van der Waals surface area contributed by atoms with E-state index in [0.717, 1.165) is 12.1 Å². The summed E-state index contributed by atoms with van der Waals surface area (Å²) in [5.74, 6) is 0.0321. The molecule has 0 unspecified atom stereocenters. The number of allylic oxidation sites excluding steroid dienone is 1. The molecule has 0 aromatic carbocycles. The standard InChI is InChI=1S/C12H18N4O/c1-9(2)5-7-14-8-10-4-3-6-15-11(10)12(13)16-17/h3-6,14,17H,7-8H2,1-2H3,(H2,13,16). The average molecular weight is 234 g/mol. The Bertz CT molecular complexity index is 422. The monoisotopic (exact) mass is 234 g/mol. The fourth-order valence-electron chi connectivity index (χ4n) is 1.34. The predicted molar refractivity (Wildman–Crippen MR) is 67.9 cm³/mol. The van der Waals surface area contributed by atoms with Crippen LogP contribution in [0.5, 0.6) is 0 Å². The van der Waals surface area contributed by atoms with Crippen LogP contribution in [0.1, 0.15) is 25.1 Å². The zero-order valence-electron chi connectivity index (χ0n) is 10.1. The van der Waals surface area contributed by atoms with Crippen molar-refractivity contribution in [3.63, 3.8) is 0 Å². The molecule has 0 saturated heterocycles. The third-order valence-corrected chi connectivity index (χ3v) is 2.21. The second-order valence-corrected chi connectivity index (χ2v) is 3.91. The SMILES string of the molecule is CC(C)=CCNCc1cccnc1/C(N)=N/O. The molecule has 0 amide bonds. The molecule has 1 aromatic heterocycles. The summed E-state index contributed by atoms with van der Waals surface area (Å²) in [6.45, 7) is 5.51. The van der Waals surface area contributed by atoms with Gasteiger partial charge in [0.05, 0.1) is 0 Å². The largest absolute Gasteiger partial charge is 0.409 e. The molecule has 0 spiro atoms. The number of oxime groups is 1. The van der Waals surface area contributed by atoms with Crippen LogP contribution in [-0.4, -0.2) is 22.6 Å². The van der Waals surface area contributed by atoms with E-state index in [1.807, 2.05) is 26.0 Å². The Labute approximate surface area is 101 Å². The molecular formula is C12H18N4O. The maximum atomic E-state index is 8.65. The fourth-order valence-corrected chi connectivity index (χ4v) is 1.34. The average Bonchev–Trinajstić information content (AvgIpc) is 2.34. The molecule has 0 aliphatic heterocycles. The van der Waals surface area contributed by atoms with Crippen molar-refractivity contribution in [3.05, 3.63) is 41.2 Å². The van der Waals surface area contributed by atoms with Crippen molar-refractivity contribution in [3.8, 4) is 0 Å². The second-order valence-electron chi connectivity index (χ2n) is 3.91. The first-order valence-corrected chi connectivity index (χ1v) is 5.41. The minimum Gasteiger partial charge on any atom is -0.409 e. The van der Waals surface area contributed by atoms with Crippen molar-refractivity contribution in [1.82, 2.24) is 10.3 Å². The van der Waals surface area contributed by atoms with Gasteiger partial charge in [-0.2, -0.15) is 0 Å². The summed E-state index contributed by atoms with van der Waals surface area (Å²) in [6, 6.07) is 3.72. The van der Waals surface area contributed by atoms with Crippen molar-refractivity contribution in [2.45, 2.75) is 20.4 Å². The highest BCUT2D eigenvalue weighted by molar-refractivity contribution is 5.96. The van der Waals surface area contributed by atoms with Gasteiger partial charge in [0.2, 0.25) is 0 Å². The van der Waals surface area contributed by atoms with E-state index >= 15 is 0 Å². The zero-order chi connectivity index (χ0) is 12.7. The maximum Gasteiger partial charge on any atom is 0.189 e. The molecule has 1 rings (SSSR count). The molecule has 0 atom stereocenters. The Morgan fingerprint density at radius 1 is 1.59 bits per heavy atom. The fraction of sp³-hybridized carbons (Fsp3) is 0.333. The minimum atomic E-state index is 0.0321. The van der Waals surface area contributed by atoms with Crippen LogP contribution in [0.2, 0.25) is 0 Å². The first kappa shape index (κ1) is 13.2. The highest BCUT2D eigenvalue weighted by Gasteiger charge is 2.06. The number of nitrogens with zero attached hydrogens (tertiary/aromatic N) is 2. The number of hydrogen-bond donors (Lipinski definition) is 3. The first-order chi connectivity index (χ1) is 8.15. The van der Waals surface area contributed by atoms with E-state index in [0.29, 0.717) is 12.2 Å². The van der Waals surface area contributed by atoms with E-state index in [-0.39, 0.29) is 5.84 Å². The lowest BCUT2D eigenvalue weighted by Gasteiger charge is -2.07. The Morgan fingerprint density at radius 3 is 3.00 bits per heavy atom.